The number of ether oxygens (including phenoxy) is 1. The van der Waals surface area contributed by atoms with E-state index in [2.05, 4.69) is 47.7 Å². The third kappa shape index (κ3) is 4.72. The lowest BCUT2D eigenvalue weighted by Crippen LogP contribution is -2.36. The standard InChI is InChI=1S/C19H24FN3O/c1-13-5-7-16(14(2)9-13)12-23-19(21-3)22-11-15-6-8-18(24-4)17(20)10-15/h5-10H,11-12H2,1-4H3,(H2,21,22,23). The zero-order chi connectivity index (χ0) is 17.5. The molecule has 128 valence electrons. The van der Waals surface area contributed by atoms with Crippen LogP contribution >= 0.6 is 0 Å². The van der Waals surface area contributed by atoms with Crippen molar-refractivity contribution in [3.05, 3.63) is 64.5 Å². The highest BCUT2D eigenvalue weighted by Gasteiger charge is 2.05. The van der Waals surface area contributed by atoms with Crippen LogP contribution in [0.4, 0.5) is 4.39 Å². The molecule has 0 saturated heterocycles. The Balaban J connectivity index is 1.92. The van der Waals surface area contributed by atoms with Crippen LogP contribution < -0.4 is 15.4 Å². The van der Waals surface area contributed by atoms with E-state index in [-0.39, 0.29) is 11.6 Å². The molecule has 2 aromatic carbocycles. The molecular weight excluding hydrogens is 305 g/mol. The van der Waals surface area contributed by atoms with Gasteiger partial charge in [-0.25, -0.2) is 4.39 Å². The van der Waals surface area contributed by atoms with Crippen LogP contribution in [0.25, 0.3) is 0 Å². The lowest BCUT2D eigenvalue weighted by Gasteiger charge is -2.14. The third-order valence-corrected chi connectivity index (χ3v) is 3.84. The normalized spacial score (nSPS) is 11.3. The fourth-order valence-corrected chi connectivity index (χ4v) is 2.45. The molecule has 5 heteroatoms. The van der Waals surface area contributed by atoms with Gasteiger partial charge >= 0.3 is 0 Å². The van der Waals surface area contributed by atoms with Crippen LogP contribution in [-0.4, -0.2) is 20.1 Å². The lowest BCUT2D eigenvalue weighted by molar-refractivity contribution is 0.386. The van der Waals surface area contributed by atoms with E-state index < -0.39 is 0 Å². The van der Waals surface area contributed by atoms with Gasteiger partial charge in [-0.1, -0.05) is 29.8 Å². The zero-order valence-electron chi connectivity index (χ0n) is 14.6. The van der Waals surface area contributed by atoms with E-state index in [1.807, 2.05) is 6.07 Å². The Kier molecular flexibility index (Phi) is 6.18. The molecule has 24 heavy (non-hydrogen) atoms. The Morgan fingerprint density at radius 3 is 2.46 bits per heavy atom. The fraction of sp³-hybridized carbons (Fsp3) is 0.316. The number of nitrogens with zero attached hydrogens (tertiary/aromatic N) is 1. The van der Waals surface area contributed by atoms with Gasteiger partial charge in [0.1, 0.15) is 0 Å². The molecule has 0 amide bonds. The number of hydrogen-bond acceptors (Lipinski definition) is 2. The second-order valence-corrected chi connectivity index (χ2v) is 5.68. The van der Waals surface area contributed by atoms with Gasteiger partial charge in [0, 0.05) is 20.1 Å². The first-order valence-electron chi connectivity index (χ1n) is 7.86. The van der Waals surface area contributed by atoms with Gasteiger partial charge in [-0.05, 0) is 42.7 Å². The maximum absolute atomic E-state index is 13.7. The molecular formula is C19H24FN3O. The smallest absolute Gasteiger partial charge is 0.191 e. The third-order valence-electron chi connectivity index (χ3n) is 3.84. The number of benzene rings is 2. The molecule has 0 saturated carbocycles. The van der Waals surface area contributed by atoms with Gasteiger partial charge < -0.3 is 15.4 Å². The molecule has 0 unspecified atom stereocenters. The van der Waals surface area contributed by atoms with Crippen molar-refractivity contribution in [3.63, 3.8) is 0 Å². The molecule has 2 N–H and O–H groups in total. The minimum absolute atomic E-state index is 0.246. The Bertz CT molecular complexity index is 729. The van der Waals surface area contributed by atoms with Crippen molar-refractivity contribution < 1.29 is 9.13 Å². The molecule has 0 aliphatic carbocycles. The Labute approximate surface area is 142 Å². The van der Waals surface area contributed by atoms with Crippen LogP contribution in [-0.2, 0) is 13.1 Å². The number of halogens is 1. The van der Waals surface area contributed by atoms with Crippen LogP contribution in [0.5, 0.6) is 5.75 Å². The van der Waals surface area contributed by atoms with Gasteiger partial charge in [-0.3, -0.25) is 4.99 Å². The van der Waals surface area contributed by atoms with E-state index in [1.54, 1.807) is 13.1 Å². The first-order chi connectivity index (χ1) is 11.5. The van der Waals surface area contributed by atoms with Gasteiger partial charge in [-0.15, -0.1) is 0 Å². The quantitative estimate of drug-likeness (QED) is 0.653. The summed E-state index contributed by atoms with van der Waals surface area (Å²) in [6, 6.07) is 11.3. The van der Waals surface area contributed by atoms with Crippen LogP contribution in [0, 0.1) is 19.7 Å². The number of aliphatic imine (C=N–C) groups is 1. The Morgan fingerprint density at radius 1 is 1.08 bits per heavy atom. The van der Waals surface area contributed by atoms with Crippen molar-refractivity contribution in [2.75, 3.05) is 14.2 Å². The predicted octanol–water partition coefficient (Wildman–Crippen LogP) is 3.32. The summed E-state index contributed by atoms with van der Waals surface area (Å²) in [5, 5.41) is 6.46. The van der Waals surface area contributed by atoms with E-state index in [0.29, 0.717) is 19.0 Å². The predicted molar refractivity (Wildman–Crippen MR) is 95.9 cm³/mol. The summed E-state index contributed by atoms with van der Waals surface area (Å²) in [5.74, 6) is 0.553. The van der Waals surface area contributed by atoms with Crippen molar-refractivity contribution in [2.24, 2.45) is 4.99 Å². The van der Waals surface area contributed by atoms with E-state index >= 15 is 0 Å². The number of guanidine groups is 1. The summed E-state index contributed by atoms with van der Waals surface area (Å²) < 4.78 is 18.6. The van der Waals surface area contributed by atoms with Crippen LogP contribution in [0.2, 0.25) is 0 Å². The molecule has 0 bridgehead atoms. The maximum atomic E-state index is 13.7. The van der Waals surface area contributed by atoms with Crippen molar-refractivity contribution >= 4 is 5.96 Å². The molecule has 0 aliphatic heterocycles. The minimum Gasteiger partial charge on any atom is -0.494 e. The average molecular weight is 329 g/mol. The largest absolute Gasteiger partial charge is 0.494 e. The van der Waals surface area contributed by atoms with E-state index in [9.17, 15) is 4.39 Å². The molecule has 2 rings (SSSR count). The molecule has 0 aromatic heterocycles. The van der Waals surface area contributed by atoms with Gasteiger partial charge in [-0.2, -0.15) is 0 Å². The minimum atomic E-state index is -0.366. The van der Waals surface area contributed by atoms with Crippen LogP contribution in [0.3, 0.4) is 0 Å². The van der Waals surface area contributed by atoms with Crippen molar-refractivity contribution in [1.82, 2.24) is 10.6 Å². The average Bonchev–Trinajstić information content (AvgIpc) is 2.56. The number of methoxy groups -OCH3 is 1. The number of hydrogen-bond donors (Lipinski definition) is 2. The van der Waals surface area contributed by atoms with Gasteiger partial charge in [0.2, 0.25) is 0 Å². The fourth-order valence-electron chi connectivity index (χ4n) is 2.45. The van der Waals surface area contributed by atoms with Gasteiger partial charge in [0.15, 0.2) is 17.5 Å². The van der Waals surface area contributed by atoms with Crippen molar-refractivity contribution in [1.29, 1.82) is 0 Å². The zero-order valence-corrected chi connectivity index (χ0v) is 14.6. The highest BCUT2D eigenvalue weighted by Crippen LogP contribution is 2.17. The second-order valence-electron chi connectivity index (χ2n) is 5.68. The second kappa shape index (κ2) is 8.34. The van der Waals surface area contributed by atoms with Crippen molar-refractivity contribution in [3.8, 4) is 5.75 Å². The molecule has 0 radical (unpaired) electrons. The highest BCUT2D eigenvalue weighted by atomic mass is 19.1. The number of aryl methyl sites for hydroxylation is 2. The number of nitrogens with one attached hydrogen (secondary N) is 2. The molecule has 0 aliphatic rings. The first-order valence-corrected chi connectivity index (χ1v) is 7.86. The maximum Gasteiger partial charge on any atom is 0.191 e. The SMILES string of the molecule is CN=C(NCc1ccc(OC)c(F)c1)NCc1ccc(C)cc1C. The Morgan fingerprint density at radius 2 is 1.83 bits per heavy atom. The van der Waals surface area contributed by atoms with Gasteiger partial charge in [0.25, 0.3) is 0 Å². The van der Waals surface area contributed by atoms with Crippen LogP contribution in [0.1, 0.15) is 22.3 Å². The first kappa shape index (κ1) is 17.8. The molecule has 0 fully saturated rings. The van der Waals surface area contributed by atoms with E-state index in [4.69, 9.17) is 4.74 Å². The van der Waals surface area contributed by atoms with E-state index in [0.717, 1.165) is 5.56 Å². The summed E-state index contributed by atoms with van der Waals surface area (Å²) in [5.41, 5.74) is 4.54. The van der Waals surface area contributed by atoms with E-state index in [1.165, 1.54) is 29.9 Å². The molecule has 0 atom stereocenters. The molecule has 4 nitrogen and oxygen atoms in total. The molecule has 0 spiro atoms. The summed E-state index contributed by atoms with van der Waals surface area (Å²) in [6.45, 7) is 5.34. The summed E-state index contributed by atoms with van der Waals surface area (Å²) >= 11 is 0. The summed E-state index contributed by atoms with van der Waals surface area (Å²) in [4.78, 5) is 4.20. The summed E-state index contributed by atoms with van der Waals surface area (Å²) in [6.07, 6.45) is 0. The van der Waals surface area contributed by atoms with Crippen LogP contribution in [0.15, 0.2) is 41.4 Å². The molecule has 0 heterocycles. The topological polar surface area (TPSA) is 45.7 Å². The monoisotopic (exact) mass is 329 g/mol. The number of rotatable bonds is 5. The molecule has 2 aromatic rings. The summed E-state index contributed by atoms with van der Waals surface area (Å²) in [7, 11) is 3.17. The Hall–Kier alpha value is -2.56. The lowest BCUT2D eigenvalue weighted by atomic mass is 10.1. The highest BCUT2D eigenvalue weighted by molar-refractivity contribution is 5.79. The van der Waals surface area contributed by atoms with Gasteiger partial charge in [0.05, 0.1) is 7.11 Å². The van der Waals surface area contributed by atoms with Crippen molar-refractivity contribution in [2.45, 2.75) is 26.9 Å².